The first-order chi connectivity index (χ1) is 9.20. The third kappa shape index (κ3) is 3.72. The van der Waals surface area contributed by atoms with Crippen LogP contribution in [0, 0.1) is 6.92 Å². The lowest BCUT2D eigenvalue weighted by Gasteiger charge is -2.19. The Morgan fingerprint density at radius 1 is 1.21 bits per heavy atom. The quantitative estimate of drug-likeness (QED) is 0.662. The van der Waals surface area contributed by atoms with Crippen molar-refractivity contribution in [3.05, 3.63) is 29.3 Å². The number of nitrogens with one attached hydrogen (secondary N) is 1. The first-order valence-electron chi connectivity index (χ1n) is 7.16. The van der Waals surface area contributed by atoms with Crippen molar-refractivity contribution >= 4 is 11.7 Å². The molecule has 1 aliphatic carbocycles. The monoisotopic (exact) mass is 261 g/mol. The van der Waals surface area contributed by atoms with E-state index in [0.717, 1.165) is 5.69 Å². The summed E-state index contributed by atoms with van der Waals surface area (Å²) in [4.78, 5) is 11.6. The molecular weight excluding hydrogens is 238 g/mol. The summed E-state index contributed by atoms with van der Waals surface area (Å²) in [7, 11) is 1.42. The van der Waals surface area contributed by atoms with Crippen LogP contribution in [0.15, 0.2) is 18.2 Å². The smallest absolute Gasteiger partial charge is 0.337 e. The van der Waals surface area contributed by atoms with Crippen LogP contribution in [0.2, 0.25) is 0 Å². The minimum Gasteiger partial charge on any atom is -0.465 e. The number of benzene rings is 1. The molecule has 1 aromatic rings. The van der Waals surface area contributed by atoms with Gasteiger partial charge in [-0.2, -0.15) is 0 Å². The van der Waals surface area contributed by atoms with Crippen molar-refractivity contribution in [3.8, 4) is 0 Å². The van der Waals surface area contributed by atoms with E-state index < -0.39 is 0 Å². The molecule has 0 radical (unpaired) electrons. The van der Waals surface area contributed by atoms with Gasteiger partial charge in [0, 0.05) is 11.7 Å². The van der Waals surface area contributed by atoms with E-state index in [1.165, 1.54) is 51.2 Å². The van der Waals surface area contributed by atoms with Gasteiger partial charge in [0.05, 0.1) is 12.7 Å². The highest BCUT2D eigenvalue weighted by Crippen LogP contribution is 2.24. The average Bonchev–Trinajstić information content (AvgIpc) is 2.69. The number of methoxy groups -OCH3 is 1. The van der Waals surface area contributed by atoms with Crippen LogP contribution < -0.4 is 5.32 Å². The summed E-state index contributed by atoms with van der Waals surface area (Å²) in [6, 6.07) is 6.24. The predicted octanol–water partition coefficient (Wildman–Crippen LogP) is 3.92. The molecule has 3 heteroatoms. The minimum absolute atomic E-state index is 0.274. The van der Waals surface area contributed by atoms with Crippen molar-refractivity contribution in [1.29, 1.82) is 0 Å². The number of carbonyl (C=O) groups is 1. The van der Waals surface area contributed by atoms with Gasteiger partial charge in [0.2, 0.25) is 0 Å². The largest absolute Gasteiger partial charge is 0.465 e. The third-order valence-corrected chi connectivity index (χ3v) is 3.87. The molecule has 1 fully saturated rings. The van der Waals surface area contributed by atoms with Crippen LogP contribution in [0.3, 0.4) is 0 Å². The molecule has 0 aliphatic heterocycles. The van der Waals surface area contributed by atoms with E-state index in [2.05, 4.69) is 12.2 Å². The van der Waals surface area contributed by atoms with Crippen molar-refractivity contribution < 1.29 is 9.53 Å². The number of rotatable bonds is 3. The zero-order valence-electron chi connectivity index (χ0n) is 11.9. The fourth-order valence-electron chi connectivity index (χ4n) is 2.67. The SMILES string of the molecule is COC(=O)c1ccc(C)c(NC2CCCCCC2)c1. The van der Waals surface area contributed by atoms with E-state index in [4.69, 9.17) is 4.74 Å². The van der Waals surface area contributed by atoms with Crippen molar-refractivity contribution in [2.45, 2.75) is 51.5 Å². The van der Waals surface area contributed by atoms with Crippen molar-refractivity contribution in [2.75, 3.05) is 12.4 Å². The Bertz CT molecular complexity index is 434. The fourth-order valence-corrected chi connectivity index (χ4v) is 2.67. The summed E-state index contributed by atoms with van der Waals surface area (Å²) >= 11 is 0. The van der Waals surface area contributed by atoms with Crippen LogP contribution in [0.4, 0.5) is 5.69 Å². The number of esters is 1. The van der Waals surface area contributed by atoms with Crippen LogP contribution >= 0.6 is 0 Å². The Kier molecular flexibility index (Phi) is 4.83. The molecule has 104 valence electrons. The maximum Gasteiger partial charge on any atom is 0.337 e. The Morgan fingerprint density at radius 3 is 2.53 bits per heavy atom. The van der Waals surface area contributed by atoms with E-state index in [1.54, 1.807) is 0 Å². The van der Waals surface area contributed by atoms with Crippen LogP contribution in [0.25, 0.3) is 0 Å². The number of hydrogen-bond donors (Lipinski definition) is 1. The second-order valence-electron chi connectivity index (χ2n) is 5.35. The van der Waals surface area contributed by atoms with Gasteiger partial charge in [-0.3, -0.25) is 0 Å². The zero-order valence-corrected chi connectivity index (χ0v) is 11.9. The molecule has 0 heterocycles. The van der Waals surface area contributed by atoms with Gasteiger partial charge in [0.25, 0.3) is 0 Å². The topological polar surface area (TPSA) is 38.3 Å². The van der Waals surface area contributed by atoms with Gasteiger partial charge in [-0.1, -0.05) is 31.7 Å². The lowest BCUT2D eigenvalue weighted by atomic mass is 10.1. The summed E-state index contributed by atoms with van der Waals surface area (Å²) in [5.41, 5.74) is 2.86. The first kappa shape index (κ1) is 13.9. The zero-order chi connectivity index (χ0) is 13.7. The maximum atomic E-state index is 11.6. The second kappa shape index (κ2) is 6.60. The molecule has 19 heavy (non-hydrogen) atoms. The Hall–Kier alpha value is -1.51. The van der Waals surface area contributed by atoms with E-state index in [0.29, 0.717) is 11.6 Å². The maximum absolute atomic E-state index is 11.6. The van der Waals surface area contributed by atoms with Gasteiger partial charge in [-0.25, -0.2) is 4.79 Å². The fraction of sp³-hybridized carbons (Fsp3) is 0.562. The lowest BCUT2D eigenvalue weighted by Crippen LogP contribution is -2.19. The number of carbonyl (C=O) groups excluding carboxylic acids is 1. The first-order valence-corrected chi connectivity index (χ1v) is 7.16. The molecule has 1 saturated carbocycles. The van der Waals surface area contributed by atoms with Gasteiger partial charge in [-0.15, -0.1) is 0 Å². The van der Waals surface area contributed by atoms with E-state index in [-0.39, 0.29) is 5.97 Å². The van der Waals surface area contributed by atoms with Gasteiger partial charge in [0.15, 0.2) is 0 Å². The molecule has 0 spiro atoms. The summed E-state index contributed by atoms with van der Waals surface area (Å²) in [6.45, 7) is 2.07. The van der Waals surface area contributed by atoms with Crippen molar-refractivity contribution in [1.82, 2.24) is 0 Å². The summed E-state index contributed by atoms with van der Waals surface area (Å²) in [5.74, 6) is -0.274. The van der Waals surface area contributed by atoms with Gasteiger partial charge < -0.3 is 10.1 Å². The summed E-state index contributed by atoms with van der Waals surface area (Å²) in [5, 5.41) is 3.60. The highest BCUT2D eigenvalue weighted by Gasteiger charge is 2.14. The number of ether oxygens (including phenoxy) is 1. The molecule has 0 bridgehead atoms. The van der Waals surface area contributed by atoms with Crippen LogP contribution in [-0.4, -0.2) is 19.1 Å². The summed E-state index contributed by atoms with van der Waals surface area (Å²) < 4.78 is 4.77. The van der Waals surface area contributed by atoms with Gasteiger partial charge in [-0.05, 0) is 37.5 Å². The molecule has 1 aliphatic rings. The number of aryl methyl sites for hydroxylation is 1. The molecule has 1 N–H and O–H groups in total. The Labute approximate surface area is 115 Å². The Balaban J connectivity index is 2.11. The molecule has 2 rings (SSSR count). The third-order valence-electron chi connectivity index (χ3n) is 3.87. The predicted molar refractivity (Wildman–Crippen MR) is 77.6 cm³/mol. The van der Waals surface area contributed by atoms with Gasteiger partial charge in [0.1, 0.15) is 0 Å². The Morgan fingerprint density at radius 2 is 1.89 bits per heavy atom. The van der Waals surface area contributed by atoms with Crippen LogP contribution in [0.5, 0.6) is 0 Å². The highest BCUT2D eigenvalue weighted by molar-refractivity contribution is 5.90. The normalized spacial score (nSPS) is 16.7. The molecule has 0 unspecified atom stereocenters. The lowest BCUT2D eigenvalue weighted by molar-refractivity contribution is 0.0601. The molecule has 3 nitrogen and oxygen atoms in total. The molecular formula is C16H23NO2. The van der Waals surface area contributed by atoms with Crippen LogP contribution in [-0.2, 0) is 4.74 Å². The summed E-state index contributed by atoms with van der Waals surface area (Å²) in [6.07, 6.45) is 7.74. The van der Waals surface area contributed by atoms with E-state index >= 15 is 0 Å². The van der Waals surface area contributed by atoms with E-state index in [9.17, 15) is 4.79 Å². The highest BCUT2D eigenvalue weighted by atomic mass is 16.5. The van der Waals surface area contributed by atoms with Crippen molar-refractivity contribution in [3.63, 3.8) is 0 Å². The molecule has 0 aromatic heterocycles. The van der Waals surface area contributed by atoms with Gasteiger partial charge >= 0.3 is 5.97 Å². The molecule has 0 saturated heterocycles. The van der Waals surface area contributed by atoms with E-state index in [1.807, 2.05) is 18.2 Å². The minimum atomic E-state index is -0.274. The average molecular weight is 261 g/mol. The second-order valence-corrected chi connectivity index (χ2v) is 5.35. The van der Waals surface area contributed by atoms with Crippen molar-refractivity contribution in [2.24, 2.45) is 0 Å². The van der Waals surface area contributed by atoms with Crippen LogP contribution in [0.1, 0.15) is 54.4 Å². The molecule has 0 amide bonds. The number of hydrogen-bond acceptors (Lipinski definition) is 3. The standard InChI is InChI=1S/C16H23NO2/c1-12-9-10-13(16(18)19-2)11-15(12)17-14-7-5-3-4-6-8-14/h9-11,14,17H,3-8H2,1-2H3. The molecule has 1 aromatic carbocycles. The number of anilines is 1. The molecule has 0 atom stereocenters.